The van der Waals surface area contributed by atoms with E-state index in [4.69, 9.17) is 42.9 Å². The van der Waals surface area contributed by atoms with Crippen LogP contribution in [-0.4, -0.2) is 57.3 Å². The van der Waals surface area contributed by atoms with Crippen molar-refractivity contribution in [3.8, 4) is 18.1 Å². The van der Waals surface area contributed by atoms with Crippen LogP contribution in [-0.2, 0) is 23.4 Å². The minimum atomic E-state index is -4.30. The van der Waals surface area contributed by atoms with Gasteiger partial charge in [0.25, 0.3) is 0 Å². The standard InChI is InChI=1S/C23H28FN4O7PS/c1-5-23(24)19(29)17(34-21(23)28-12-11-18(25)26-22(28)37)13-32-36(31,35-16-9-7-6-8-10-16)27-15(4)20(30)33-14(2)3/h1,6-12,14-15,17,19,21,29H,13H2,2-4H3,(H,27,31)(H2,25,26,37)/t15-,17+,19?,21+,23+,36?/m0/s1. The molecule has 4 N–H and O–H groups in total. The zero-order valence-electron chi connectivity index (χ0n) is 20.3. The first-order valence-electron chi connectivity index (χ1n) is 11.2. The zero-order chi connectivity index (χ0) is 27.4. The second kappa shape index (κ2) is 11.7. The topological polar surface area (TPSA) is 147 Å². The fourth-order valence-electron chi connectivity index (χ4n) is 3.42. The Morgan fingerprint density at radius 1 is 1.41 bits per heavy atom. The zero-order valence-corrected chi connectivity index (χ0v) is 22.0. The number of benzene rings is 1. The predicted molar refractivity (Wildman–Crippen MR) is 135 cm³/mol. The number of halogens is 1. The third kappa shape index (κ3) is 6.73. The van der Waals surface area contributed by atoms with E-state index in [0.29, 0.717) is 0 Å². The molecular weight excluding hydrogens is 526 g/mol. The summed E-state index contributed by atoms with van der Waals surface area (Å²) in [7, 11) is -4.30. The summed E-state index contributed by atoms with van der Waals surface area (Å²) in [6.07, 6.45) is 1.43. The van der Waals surface area contributed by atoms with E-state index in [2.05, 4.69) is 10.1 Å². The van der Waals surface area contributed by atoms with Crippen molar-refractivity contribution in [2.45, 2.75) is 57.0 Å². The van der Waals surface area contributed by atoms with Gasteiger partial charge in [-0.3, -0.25) is 13.9 Å². The molecule has 0 saturated carbocycles. The fourth-order valence-corrected chi connectivity index (χ4v) is 5.19. The molecule has 0 amide bonds. The summed E-state index contributed by atoms with van der Waals surface area (Å²) in [6.45, 7) is 4.10. The Kier molecular flexibility index (Phi) is 9.07. The van der Waals surface area contributed by atoms with Crippen LogP contribution >= 0.6 is 20.0 Å². The number of para-hydroxylation sites is 1. The molecule has 1 aromatic heterocycles. The SMILES string of the molecule is C#C[C@@]1(F)C(O)[C@@H](COP(=O)(N[C@@H](C)C(=O)OC(C)C)Oc2ccccc2)O[C@H]1n1ccc(N)nc1=S. The number of terminal acetylenes is 1. The number of aliphatic hydroxyl groups is 1. The van der Waals surface area contributed by atoms with Gasteiger partial charge in [0.15, 0.2) is 6.23 Å². The molecule has 14 heteroatoms. The van der Waals surface area contributed by atoms with E-state index in [-0.39, 0.29) is 16.3 Å². The minimum Gasteiger partial charge on any atom is -0.462 e. The molecule has 0 radical (unpaired) electrons. The molecule has 3 rings (SSSR count). The Bertz CT molecular complexity index is 1260. The summed E-state index contributed by atoms with van der Waals surface area (Å²) in [6, 6.07) is 8.28. The van der Waals surface area contributed by atoms with Gasteiger partial charge in [-0.2, -0.15) is 5.09 Å². The van der Waals surface area contributed by atoms with Crippen LogP contribution in [0.4, 0.5) is 10.2 Å². The summed E-state index contributed by atoms with van der Waals surface area (Å²) in [5.41, 5.74) is 2.87. The number of esters is 1. The average Bonchev–Trinajstić information content (AvgIpc) is 3.08. The molecule has 1 aliphatic heterocycles. The molecule has 1 saturated heterocycles. The van der Waals surface area contributed by atoms with Crippen LogP contribution in [0.1, 0.15) is 27.0 Å². The lowest BCUT2D eigenvalue weighted by atomic mass is 9.97. The third-order valence-corrected chi connectivity index (χ3v) is 7.15. The lowest BCUT2D eigenvalue weighted by Crippen LogP contribution is -2.42. The van der Waals surface area contributed by atoms with E-state index in [1.165, 1.54) is 31.3 Å². The largest absolute Gasteiger partial charge is 0.462 e. The second-order valence-electron chi connectivity index (χ2n) is 8.46. The lowest BCUT2D eigenvalue weighted by molar-refractivity contribution is -0.149. The molecule has 0 aliphatic carbocycles. The maximum absolute atomic E-state index is 15.8. The number of nitrogen functional groups attached to an aromatic ring is 1. The number of hydrogen-bond acceptors (Lipinski definition) is 10. The minimum absolute atomic E-state index is 0.0973. The molecule has 1 aromatic carbocycles. The monoisotopic (exact) mass is 554 g/mol. The smallest absolute Gasteiger partial charge is 0.459 e. The van der Waals surface area contributed by atoms with E-state index in [1.54, 1.807) is 32.0 Å². The van der Waals surface area contributed by atoms with E-state index in [9.17, 15) is 14.5 Å². The Balaban J connectivity index is 1.83. The number of ether oxygens (including phenoxy) is 2. The molecule has 11 nitrogen and oxygen atoms in total. The first kappa shape index (κ1) is 28.7. The number of nitrogens with two attached hydrogens (primary N) is 1. The Hall–Kier alpha value is -2.85. The van der Waals surface area contributed by atoms with Crippen molar-refractivity contribution in [3.63, 3.8) is 0 Å². The van der Waals surface area contributed by atoms with Crippen molar-refractivity contribution in [1.29, 1.82) is 0 Å². The first-order chi connectivity index (χ1) is 17.4. The van der Waals surface area contributed by atoms with Crippen LogP contribution < -0.4 is 15.3 Å². The van der Waals surface area contributed by atoms with Gasteiger partial charge in [0.05, 0.1) is 12.7 Å². The van der Waals surface area contributed by atoms with Gasteiger partial charge in [-0.05, 0) is 51.2 Å². The van der Waals surface area contributed by atoms with E-state index in [1.807, 2.05) is 5.92 Å². The van der Waals surface area contributed by atoms with Gasteiger partial charge in [-0.1, -0.05) is 24.1 Å². The summed E-state index contributed by atoms with van der Waals surface area (Å²) < 4.78 is 52.2. The van der Waals surface area contributed by atoms with E-state index < -0.39 is 56.6 Å². The molecule has 37 heavy (non-hydrogen) atoms. The van der Waals surface area contributed by atoms with Gasteiger partial charge in [-0.25, -0.2) is 13.9 Å². The molecule has 1 fully saturated rings. The highest BCUT2D eigenvalue weighted by atomic mass is 32.1. The Labute approximate surface area is 218 Å². The number of carbonyl (C=O) groups excluding carboxylic acids is 1. The quantitative estimate of drug-likeness (QED) is 0.172. The van der Waals surface area contributed by atoms with Crippen LogP contribution in [0.15, 0.2) is 42.6 Å². The Morgan fingerprint density at radius 2 is 2.08 bits per heavy atom. The van der Waals surface area contributed by atoms with Gasteiger partial charge in [0.1, 0.15) is 29.8 Å². The molecular formula is C23H28FN4O7PS. The van der Waals surface area contributed by atoms with Gasteiger partial charge in [0.2, 0.25) is 10.4 Å². The maximum Gasteiger partial charge on any atom is 0.459 e. The van der Waals surface area contributed by atoms with E-state index >= 15 is 4.39 Å². The summed E-state index contributed by atoms with van der Waals surface area (Å²) >= 11 is 5.13. The van der Waals surface area contributed by atoms with Crippen molar-refractivity contribution < 1.29 is 37.4 Å². The number of nitrogens with zero attached hydrogens (tertiary/aromatic N) is 2. The highest BCUT2D eigenvalue weighted by molar-refractivity contribution is 7.71. The average molecular weight is 555 g/mol. The highest BCUT2D eigenvalue weighted by Gasteiger charge is 2.58. The van der Waals surface area contributed by atoms with Crippen LogP contribution in [0.2, 0.25) is 0 Å². The number of aromatic nitrogens is 2. The molecule has 0 bridgehead atoms. The van der Waals surface area contributed by atoms with Crippen LogP contribution in [0.3, 0.4) is 0 Å². The summed E-state index contributed by atoms with van der Waals surface area (Å²) in [5.74, 6) is 1.47. The number of alkyl halides is 1. The lowest BCUT2D eigenvalue weighted by Gasteiger charge is -2.25. The van der Waals surface area contributed by atoms with Crippen molar-refractivity contribution in [2.24, 2.45) is 0 Å². The number of anilines is 1. The molecule has 6 atom stereocenters. The Morgan fingerprint density at radius 3 is 2.68 bits per heavy atom. The van der Waals surface area contributed by atoms with Crippen molar-refractivity contribution in [3.05, 3.63) is 47.4 Å². The van der Waals surface area contributed by atoms with Gasteiger partial charge in [0, 0.05) is 6.20 Å². The van der Waals surface area contributed by atoms with Crippen LogP contribution in [0.25, 0.3) is 0 Å². The van der Waals surface area contributed by atoms with Crippen molar-refractivity contribution >= 4 is 31.8 Å². The number of nitrogens with one attached hydrogen (secondary N) is 1. The molecule has 2 aromatic rings. The maximum atomic E-state index is 15.8. The normalized spacial score (nSPS) is 25.7. The predicted octanol–water partition coefficient (Wildman–Crippen LogP) is 2.93. The van der Waals surface area contributed by atoms with Crippen LogP contribution in [0, 0.1) is 17.1 Å². The number of aliphatic hydroxyl groups excluding tert-OH is 1. The molecule has 200 valence electrons. The van der Waals surface area contributed by atoms with E-state index in [0.717, 1.165) is 4.57 Å². The molecule has 2 heterocycles. The first-order valence-corrected chi connectivity index (χ1v) is 13.2. The number of rotatable bonds is 10. The highest BCUT2D eigenvalue weighted by Crippen LogP contribution is 2.47. The molecule has 0 spiro atoms. The van der Waals surface area contributed by atoms with Crippen molar-refractivity contribution in [2.75, 3.05) is 12.3 Å². The van der Waals surface area contributed by atoms with Crippen molar-refractivity contribution in [1.82, 2.24) is 14.6 Å². The number of carbonyl (C=O) groups is 1. The van der Waals surface area contributed by atoms with Gasteiger partial charge < -0.3 is 24.8 Å². The second-order valence-corrected chi connectivity index (χ2v) is 10.5. The number of hydrogen-bond donors (Lipinski definition) is 3. The fraction of sp³-hybridized carbons (Fsp3) is 0.435. The molecule has 1 aliphatic rings. The van der Waals surface area contributed by atoms with Gasteiger partial charge >= 0.3 is 13.7 Å². The summed E-state index contributed by atoms with van der Waals surface area (Å²) in [4.78, 5) is 16.2. The summed E-state index contributed by atoms with van der Waals surface area (Å²) in [5, 5.41) is 13.2. The van der Waals surface area contributed by atoms with Crippen LogP contribution in [0.5, 0.6) is 5.75 Å². The third-order valence-electron chi connectivity index (χ3n) is 5.21. The van der Waals surface area contributed by atoms with Gasteiger partial charge in [-0.15, -0.1) is 6.42 Å². The molecule has 2 unspecified atom stereocenters.